The fourth-order valence-electron chi connectivity index (χ4n) is 1.37. The second kappa shape index (κ2) is 8.75. The van der Waals surface area contributed by atoms with Gasteiger partial charge in [-0.3, -0.25) is 0 Å². The first-order chi connectivity index (χ1) is 5.85. The summed E-state index contributed by atoms with van der Waals surface area (Å²) in [6, 6.07) is 0. The van der Waals surface area contributed by atoms with Crippen LogP contribution in [-0.4, -0.2) is 23.4 Å². The van der Waals surface area contributed by atoms with Crippen LogP contribution in [0.3, 0.4) is 0 Å². The van der Waals surface area contributed by atoms with Crippen molar-refractivity contribution in [2.75, 3.05) is 13.2 Å². The number of hydrogen-bond acceptors (Lipinski definition) is 2. The molecule has 0 unspecified atom stereocenters. The molecule has 12 heavy (non-hydrogen) atoms. The highest BCUT2D eigenvalue weighted by Gasteiger charge is 2.07. The molecule has 2 N–H and O–H groups in total. The molecule has 0 atom stereocenters. The normalized spacial score (nSPS) is 17.8. The number of hydrogen-bond donors (Lipinski definition) is 2. The van der Waals surface area contributed by atoms with E-state index >= 15 is 0 Å². The second-order valence-electron chi connectivity index (χ2n) is 3.08. The minimum atomic E-state index is -0.125. The molecule has 0 aromatic carbocycles. The van der Waals surface area contributed by atoms with E-state index in [9.17, 15) is 0 Å². The van der Waals surface area contributed by atoms with E-state index in [1.165, 1.54) is 32.1 Å². The van der Waals surface area contributed by atoms with Crippen molar-refractivity contribution in [3.63, 3.8) is 0 Å². The van der Waals surface area contributed by atoms with Gasteiger partial charge in [0, 0.05) is 0 Å². The molecule has 0 amide bonds. The van der Waals surface area contributed by atoms with Crippen LogP contribution in [0.15, 0.2) is 12.7 Å². The van der Waals surface area contributed by atoms with Crippen LogP contribution >= 0.6 is 0 Å². The first-order valence-electron chi connectivity index (χ1n) is 4.69. The first-order valence-corrected chi connectivity index (χ1v) is 4.69. The Morgan fingerprint density at radius 2 is 1.58 bits per heavy atom. The van der Waals surface area contributed by atoms with Gasteiger partial charge in [-0.15, -0.1) is 6.58 Å². The molecule has 0 spiro atoms. The summed E-state index contributed by atoms with van der Waals surface area (Å²) in [7, 11) is 0. The van der Waals surface area contributed by atoms with Crippen molar-refractivity contribution >= 4 is 0 Å². The highest BCUT2D eigenvalue weighted by Crippen LogP contribution is 2.23. The summed E-state index contributed by atoms with van der Waals surface area (Å²) < 4.78 is 0. The highest BCUT2D eigenvalue weighted by atomic mass is 16.3. The van der Waals surface area contributed by atoms with Gasteiger partial charge in [-0.25, -0.2) is 0 Å². The Morgan fingerprint density at radius 3 is 1.83 bits per heavy atom. The molecule has 0 aliphatic heterocycles. The van der Waals surface area contributed by atoms with Crippen LogP contribution < -0.4 is 0 Å². The molecular formula is C10H20O2. The third-order valence-electron chi connectivity index (χ3n) is 2.08. The fourth-order valence-corrected chi connectivity index (χ4v) is 1.37. The van der Waals surface area contributed by atoms with Crippen molar-refractivity contribution in [3.05, 3.63) is 12.7 Å². The monoisotopic (exact) mass is 172 g/mol. The Bertz CT molecular complexity index is 94.0. The van der Waals surface area contributed by atoms with Gasteiger partial charge < -0.3 is 10.2 Å². The number of aliphatic hydroxyl groups excluding tert-OH is 2. The number of aliphatic hydroxyl groups is 2. The largest absolute Gasteiger partial charge is 0.394 e. The molecule has 0 aromatic rings. The maximum Gasteiger partial charge on any atom is 0.0662 e. The van der Waals surface area contributed by atoms with Crippen LogP contribution in [0.2, 0.25) is 0 Å². The first kappa shape index (κ1) is 11.7. The van der Waals surface area contributed by atoms with Crippen molar-refractivity contribution in [2.45, 2.75) is 32.1 Å². The molecule has 0 radical (unpaired) electrons. The van der Waals surface area contributed by atoms with Crippen molar-refractivity contribution in [3.8, 4) is 0 Å². The Kier molecular flexibility index (Phi) is 8.51. The second-order valence-corrected chi connectivity index (χ2v) is 3.08. The zero-order valence-electron chi connectivity index (χ0n) is 7.71. The van der Waals surface area contributed by atoms with E-state index < -0.39 is 0 Å². The maximum atomic E-state index is 7.62. The SMILES string of the molecule is C=CC1CCCCC1.OCCO. The van der Waals surface area contributed by atoms with E-state index in [4.69, 9.17) is 10.2 Å². The molecule has 1 saturated carbocycles. The van der Waals surface area contributed by atoms with E-state index in [1.807, 2.05) is 0 Å². The van der Waals surface area contributed by atoms with Gasteiger partial charge in [0.1, 0.15) is 0 Å². The molecule has 72 valence electrons. The van der Waals surface area contributed by atoms with Crippen molar-refractivity contribution in [1.29, 1.82) is 0 Å². The van der Waals surface area contributed by atoms with E-state index in [-0.39, 0.29) is 13.2 Å². The Morgan fingerprint density at radius 1 is 1.08 bits per heavy atom. The van der Waals surface area contributed by atoms with Gasteiger partial charge in [-0.1, -0.05) is 25.3 Å². The minimum absolute atomic E-state index is 0.125. The summed E-state index contributed by atoms with van der Waals surface area (Å²) in [5, 5.41) is 15.2. The summed E-state index contributed by atoms with van der Waals surface area (Å²) in [6.45, 7) is 3.53. The highest BCUT2D eigenvalue weighted by molar-refractivity contribution is 4.80. The minimum Gasteiger partial charge on any atom is -0.394 e. The van der Waals surface area contributed by atoms with Crippen molar-refractivity contribution < 1.29 is 10.2 Å². The van der Waals surface area contributed by atoms with Gasteiger partial charge in [-0.2, -0.15) is 0 Å². The quantitative estimate of drug-likeness (QED) is 0.623. The van der Waals surface area contributed by atoms with Crippen LogP contribution in [0, 0.1) is 5.92 Å². The maximum absolute atomic E-state index is 7.62. The van der Waals surface area contributed by atoms with Crippen molar-refractivity contribution in [2.24, 2.45) is 5.92 Å². The van der Waals surface area contributed by atoms with E-state index in [0.29, 0.717) is 0 Å². The fraction of sp³-hybridized carbons (Fsp3) is 0.800. The third kappa shape index (κ3) is 6.38. The van der Waals surface area contributed by atoms with Crippen LogP contribution in [0.25, 0.3) is 0 Å². The number of rotatable bonds is 2. The van der Waals surface area contributed by atoms with Gasteiger partial charge in [0.15, 0.2) is 0 Å². The predicted molar refractivity (Wildman–Crippen MR) is 50.9 cm³/mol. The average molecular weight is 172 g/mol. The molecule has 1 fully saturated rings. The smallest absolute Gasteiger partial charge is 0.0662 e. The predicted octanol–water partition coefficient (Wildman–Crippen LogP) is 1.72. The molecule has 0 aromatic heterocycles. The van der Waals surface area contributed by atoms with E-state index in [2.05, 4.69) is 12.7 Å². The summed E-state index contributed by atoms with van der Waals surface area (Å²) in [5.41, 5.74) is 0. The zero-order chi connectivity index (χ0) is 9.23. The van der Waals surface area contributed by atoms with Crippen LogP contribution in [-0.2, 0) is 0 Å². The van der Waals surface area contributed by atoms with Gasteiger partial charge >= 0.3 is 0 Å². The molecule has 1 aliphatic carbocycles. The zero-order valence-corrected chi connectivity index (χ0v) is 7.71. The summed E-state index contributed by atoms with van der Waals surface area (Å²) in [5.74, 6) is 0.851. The van der Waals surface area contributed by atoms with Gasteiger partial charge in [0.2, 0.25) is 0 Å². The van der Waals surface area contributed by atoms with Crippen LogP contribution in [0.5, 0.6) is 0 Å². The topological polar surface area (TPSA) is 40.5 Å². The standard InChI is InChI=1S/C8H14.C2H6O2/c1-2-8-6-4-3-5-7-8;3-1-2-4/h2,8H,1,3-7H2;3-4H,1-2H2. The molecule has 0 heterocycles. The van der Waals surface area contributed by atoms with Crippen molar-refractivity contribution in [1.82, 2.24) is 0 Å². The molecule has 2 heteroatoms. The Balaban J connectivity index is 0.000000261. The van der Waals surface area contributed by atoms with Gasteiger partial charge in [0.25, 0.3) is 0 Å². The summed E-state index contributed by atoms with van der Waals surface area (Å²) in [4.78, 5) is 0. The van der Waals surface area contributed by atoms with E-state index in [1.54, 1.807) is 0 Å². The molecule has 1 rings (SSSR count). The van der Waals surface area contributed by atoms with Crippen LogP contribution in [0.1, 0.15) is 32.1 Å². The lowest BCUT2D eigenvalue weighted by atomic mass is 9.90. The lowest BCUT2D eigenvalue weighted by Gasteiger charge is -2.16. The van der Waals surface area contributed by atoms with E-state index in [0.717, 1.165) is 5.92 Å². The lowest BCUT2D eigenvalue weighted by Crippen LogP contribution is -2.01. The third-order valence-corrected chi connectivity index (χ3v) is 2.08. The molecular weight excluding hydrogens is 152 g/mol. The number of allylic oxidation sites excluding steroid dienone is 1. The Labute approximate surface area is 74.9 Å². The Hall–Kier alpha value is -0.340. The molecule has 2 nitrogen and oxygen atoms in total. The lowest BCUT2D eigenvalue weighted by molar-refractivity contribution is 0.186. The van der Waals surface area contributed by atoms with Gasteiger partial charge in [-0.05, 0) is 18.8 Å². The average Bonchev–Trinajstić information content (AvgIpc) is 2.19. The molecule has 0 saturated heterocycles. The summed E-state index contributed by atoms with van der Waals surface area (Å²) >= 11 is 0. The van der Waals surface area contributed by atoms with Gasteiger partial charge in [0.05, 0.1) is 13.2 Å². The molecule has 1 aliphatic rings. The van der Waals surface area contributed by atoms with Crippen LogP contribution in [0.4, 0.5) is 0 Å². The summed E-state index contributed by atoms with van der Waals surface area (Å²) in [6.07, 6.45) is 9.20. The molecule has 0 bridgehead atoms.